The SMILES string of the molecule is COc1ccc(Cl)cc1-c1ccc2c(c1)C(=O)N1CCN(C(=O)CCCC(=O)[O-])C[C@H]1C(=O)N2. The molecule has 10 heteroatoms. The van der Waals surface area contributed by atoms with Gasteiger partial charge in [-0.05, 0) is 48.7 Å². The number of ether oxygens (including phenoxy) is 1. The van der Waals surface area contributed by atoms with Crippen molar-refractivity contribution in [3.8, 4) is 16.9 Å². The molecular formula is C24H23ClN3O6-. The molecule has 0 unspecified atom stereocenters. The summed E-state index contributed by atoms with van der Waals surface area (Å²) >= 11 is 6.17. The first-order valence-corrected chi connectivity index (χ1v) is 11.2. The number of anilines is 1. The standard InChI is InChI=1S/C24H24ClN3O6/c1-34-20-8-6-15(25)12-16(20)14-5-7-18-17(11-14)24(33)28-10-9-27(13-19(28)23(32)26-18)21(29)3-2-4-22(30)31/h5-8,11-12,19H,2-4,9-10,13H2,1H3,(H,26,32)(H,30,31)/p-1/t19-/m0/s1. The molecule has 2 aliphatic rings. The van der Waals surface area contributed by atoms with Gasteiger partial charge in [-0.2, -0.15) is 0 Å². The normalized spacial score (nSPS) is 17.4. The molecule has 0 spiro atoms. The second-order valence-electron chi connectivity index (χ2n) is 8.17. The van der Waals surface area contributed by atoms with Gasteiger partial charge in [0.1, 0.15) is 11.8 Å². The van der Waals surface area contributed by atoms with Gasteiger partial charge >= 0.3 is 0 Å². The summed E-state index contributed by atoms with van der Waals surface area (Å²) in [4.78, 5) is 52.5. The van der Waals surface area contributed by atoms with Crippen LogP contribution in [0.3, 0.4) is 0 Å². The number of carboxylic acids is 1. The van der Waals surface area contributed by atoms with Crippen LogP contribution >= 0.6 is 11.6 Å². The average Bonchev–Trinajstić information content (AvgIpc) is 2.92. The van der Waals surface area contributed by atoms with Gasteiger partial charge in [0.15, 0.2) is 0 Å². The first-order chi connectivity index (χ1) is 16.3. The minimum Gasteiger partial charge on any atom is -0.550 e. The molecule has 34 heavy (non-hydrogen) atoms. The van der Waals surface area contributed by atoms with E-state index < -0.39 is 12.0 Å². The zero-order valence-electron chi connectivity index (χ0n) is 18.5. The van der Waals surface area contributed by atoms with E-state index in [2.05, 4.69) is 5.32 Å². The van der Waals surface area contributed by atoms with Crippen LogP contribution in [-0.2, 0) is 14.4 Å². The number of fused-ring (bicyclic) bond motifs is 2. The van der Waals surface area contributed by atoms with Crippen molar-refractivity contribution in [2.45, 2.75) is 25.3 Å². The molecule has 0 saturated carbocycles. The van der Waals surface area contributed by atoms with E-state index in [0.717, 1.165) is 0 Å². The number of aliphatic carboxylic acids is 1. The first kappa shape index (κ1) is 23.6. The molecule has 1 N–H and O–H groups in total. The highest BCUT2D eigenvalue weighted by Gasteiger charge is 2.40. The molecule has 2 heterocycles. The average molecular weight is 485 g/mol. The van der Waals surface area contributed by atoms with Gasteiger partial charge in [0.2, 0.25) is 11.8 Å². The number of methoxy groups -OCH3 is 1. The maximum Gasteiger partial charge on any atom is 0.256 e. The molecule has 1 fully saturated rings. The van der Waals surface area contributed by atoms with Crippen molar-refractivity contribution in [3.05, 3.63) is 47.0 Å². The van der Waals surface area contributed by atoms with Gasteiger partial charge in [0.05, 0.1) is 24.9 Å². The van der Waals surface area contributed by atoms with Crippen molar-refractivity contribution in [2.75, 3.05) is 32.1 Å². The van der Waals surface area contributed by atoms with Crippen LogP contribution in [-0.4, -0.2) is 66.3 Å². The Morgan fingerprint density at radius 2 is 1.91 bits per heavy atom. The van der Waals surface area contributed by atoms with Crippen LogP contribution in [0.1, 0.15) is 29.6 Å². The Morgan fingerprint density at radius 1 is 1.12 bits per heavy atom. The molecule has 2 aromatic rings. The topological polar surface area (TPSA) is 119 Å². The van der Waals surface area contributed by atoms with E-state index in [4.69, 9.17) is 16.3 Å². The smallest absolute Gasteiger partial charge is 0.256 e. The van der Waals surface area contributed by atoms with Gasteiger partial charge in [0.25, 0.3) is 5.91 Å². The predicted octanol–water partition coefficient (Wildman–Crippen LogP) is 1.54. The molecule has 1 atom stereocenters. The van der Waals surface area contributed by atoms with Gasteiger partial charge < -0.3 is 29.8 Å². The summed E-state index contributed by atoms with van der Waals surface area (Å²) < 4.78 is 5.43. The molecular weight excluding hydrogens is 462 g/mol. The number of piperazine rings is 1. The summed E-state index contributed by atoms with van der Waals surface area (Å²) in [7, 11) is 1.55. The summed E-state index contributed by atoms with van der Waals surface area (Å²) in [6, 6.07) is 9.50. The quantitative estimate of drug-likeness (QED) is 0.664. The molecule has 2 aromatic carbocycles. The molecule has 2 aliphatic heterocycles. The van der Waals surface area contributed by atoms with Crippen LogP contribution < -0.4 is 15.2 Å². The van der Waals surface area contributed by atoms with E-state index in [-0.39, 0.29) is 56.6 Å². The van der Waals surface area contributed by atoms with Crippen molar-refractivity contribution in [3.63, 3.8) is 0 Å². The zero-order chi connectivity index (χ0) is 24.4. The van der Waals surface area contributed by atoms with Gasteiger partial charge in [-0.15, -0.1) is 0 Å². The number of carbonyl (C=O) groups is 4. The molecule has 0 radical (unpaired) electrons. The lowest BCUT2D eigenvalue weighted by atomic mass is 10.00. The molecule has 4 rings (SSSR count). The monoisotopic (exact) mass is 484 g/mol. The number of nitrogens with one attached hydrogen (secondary N) is 1. The number of nitrogens with zero attached hydrogens (tertiary/aromatic N) is 2. The molecule has 0 bridgehead atoms. The van der Waals surface area contributed by atoms with E-state index in [1.165, 1.54) is 9.80 Å². The summed E-state index contributed by atoms with van der Waals surface area (Å²) in [5.41, 5.74) is 2.15. The Balaban J connectivity index is 1.58. The fraction of sp³-hybridized carbons (Fsp3) is 0.333. The van der Waals surface area contributed by atoms with Gasteiger partial charge in [0, 0.05) is 36.1 Å². The summed E-state index contributed by atoms with van der Waals surface area (Å²) in [6.07, 6.45) is 0.00281. The summed E-state index contributed by atoms with van der Waals surface area (Å²) in [5, 5.41) is 13.9. The lowest BCUT2D eigenvalue weighted by Crippen LogP contribution is -2.59. The maximum atomic E-state index is 13.4. The molecule has 0 aliphatic carbocycles. The van der Waals surface area contributed by atoms with Crippen molar-refractivity contribution < 1.29 is 29.0 Å². The number of rotatable bonds is 6. The lowest BCUT2D eigenvalue weighted by Gasteiger charge is -2.39. The third-order valence-electron chi connectivity index (χ3n) is 6.05. The lowest BCUT2D eigenvalue weighted by molar-refractivity contribution is -0.305. The number of benzene rings is 2. The Kier molecular flexibility index (Phi) is 6.74. The second-order valence-corrected chi connectivity index (χ2v) is 8.61. The van der Waals surface area contributed by atoms with Gasteiger partial charge in [-0.3, -0.25) is 14.4 Å². The van der Waals surface area contributed by atoms with Crippen LogP contribution in [0.2, 0.25) is 5.02 Å². The number of halogens is 1. The minimum atomic E-state index is -1.21. The van der Waals surface area contributed by atoms with Crippen molar-refractivity contribution in [2.24, 2.45) is 0 Å². The van der Waals surface area contributed by atoms with Crippen LogP contribution in [0.25, 0.3) is 11.1 Å². The fourth-order valence-electron chi connectivity index (χ4n) is 4.29. The summed E-state index contributed by atoms with van der Waals surface area (Å²) in [5.74, 6) is -1.56. The number of amides is 3. The fourth-order valence-corrected chi connectivity index (χ4v) is 4.47. The Hall–Kier alpha value is -3.59. The number of carboxylic acid groups (broad SMARTS) is 1. The second kappa shape index (κ2) is 9.72. The number of carbonyl (C=O) groups excluding carboxylic acids is 4. The molecule has 1 saturated heterocycles. The molecule has 3 amide bonds. The predicted molar refractivity (Wildman–Crippen MR) is 122 cm³/mol. The third-order valence-corrected chi connectivity index (χ3v) is 6.28. The maximum absolute atomic E-state index is 13.4. The Morgan fingerprint density at radius 3 is 2.65 bits per heavy atom. The van der Waals surface area contributed by atoms with Crippen molar-refractivity contribution in [1.29, 1.82) is 0 Å². The van der Waals surface area contributed by atoms with E-state index in [1.54, 1.807) is 43.5 Å². The Labute approximate surface area is 201 Å². The van der Waals surface area contributed by atoms with E-state index in [1.807, 2.05) is 0 Å². The number of hydrogen-bond acceptors (Lipinski definition) is 6. The van der Waals surface area contributed by atoms with Crippen molar-refractivity contribution in [1.82, 2.24) is 9.80 Å². The van der Waals surface area contributed by atoms with Crippen LogP contribution in [0.4, 0.5) is 5.69 Å². The third kappa shape index (κ3) is 4.70. The van der Waals surface area contributed by atoms with Gasteiger partial charge in [-0.1, -0.05) is 17.7 Å². The molecule has 9 nitrogen and oxygen atoms in total. The van der Waals surface area contributed by atoms with Crippen LogP contribution in [0, 0.1) is 0 Å². The Bertz CT molecular complexity index is 1170. The van der Waals surface area contributed by atoms with Crippen molar-refractivity contribution >= 4 is 41.0 Å². The first-order valence-electron chi connectivity index (χ1n) is 10.9. The zero-order valence-corrected chi connectivity index (χ0v) is 19.3. The molecule has 178 valence electrons. The van der Waals surface area contributed by atoms with Crippen LogP contribution in [0.5, 0.6) is 5.75 Å². The highest BCUT2D eigenvalue weighted by molar-refractivity contribution is 6.31. The van der Waals surface area contributed by atoms with E-state index >= 15 is 0 Å². The summed E-state index contributed by atoms with van der Waals surface area (Å²) in [6.45, 7) is 0.495. The minimum absolute atomic E-state index is 0.0430. The van der Waals surface area contributed by atoms with E-state index in [0.29, 0.717) is 33.1 Å². The van der Waals surface area contributed by atoms with Gasteiger partial charge in [-0.25, -0.2) is 0 Å². The molecule has 0 aromatic heterocycles. The van der Waals surface area contributed by atoms with E-state index in [9.17, 15) is 24.3 Å². The van der Waals surface area contributed by atoms with Crippen LogP contribution in [0.15, 0.2) is 36.4 Å². The highest BCUT2D eigenvalue weighted by atomic mass is 35.5. The number of hydrogen-bond donors (Lipinski definition) is 1. The highest BCUT2D eigenvalue weighted by Crippen LogP contribution is 2.36. The largest absolute Gasteiger partial charge is 0.550 e.